The highest BCUT2D eigenvalue weighted by Crippen LogP contribution is 2.41. The predicted octanol–water partition coefficient (Wildman–Crippen LogP) is 4.06. The second kappa shape index (κ2) is 6.96. The van der Waals surface area contributed by atoms with Crippen LogP contribution in [0, 0.1) is 6.92 Å². The van der Waals surface area contributed by atoms with Crippen LogP contribution in [0.4, 0.5) is 0 Å². The molecule has 0 bridgehead atoms. The summed E-state index contributed by atoms with van der Waals surface area (Å²) in [6.45, 7) is 4.13. The fourth-order valence-corrected chi connectivity index (χ4v) is 4.12. The smallest absolute Gasteiger partial charge is 0.118 e. The molecule has 1 aromatic heterocycles. The van der Waals surface area contributed by atoms with Crippen molar-refractivity contribution in [3.63, 3.8) is 0 Å². The first-order chi connectivity index (χ1) is 12.7. The van der Waals surface area contributed by atoms with Gasteiger partial charge in [-0.3, -0.25) is 5.10 Å². The summed E-state index contributed by atoms with van der Waals surface area (Å²) in [6, 6.07) is 17.6. The summed E-state index contributed by atoms with van der Waals surface area (Å²) >= 11 is 0. The summed E-state index contributed by atoms with van der Waals surface area (Å²) in [5, 5.41) is 10.7. The highest BCUT2D eigenvalue weighted by molar-refractivity contribution is 5.65. The number of methoxy groups -OCH3 is 1. The van der Waals surface area contributed by atoms with Crippen LogP contribution in [-0.2, 0) is 5.41 Å². The van der Waals surface area contributed by atoms with Crippen molar-refractivity contribution in [3.8, 4) is 16.9 Å². The number of H-pyrrole nitrogens is 1. The van der Waals surface area contributed by atoms with Crippen LogP contribution in [0.3, 0.4) is 0 Å². The Bertz CT molecular complexity index is 859. The van der Waals surface area contributed by atoms with E-state index in [1.54, 1.807) is 7.11 Å². The van der Waals surface area contributed by atoms with Gasteiger partial charge < -0.3 is 10.1 Å². The highest BCUT2D eigenvalue weighted by atomic mass is 16.5. The molecule has 4 nitrogen and oxygen atoms in total. The molecule has 0 unspecified atom stereocenters. The van der Waals surface area contributed by atoms with Crippen molar-refractivity contribution >= 4 is 0 Å². The number of piperidine rings is 1. The van der Waals surface area contributed by atoms with E-state index < -0.39 is 0 Å². The molecule has 1 aliphatic rings. The summed E-state index contributed by atoms with van der Waals surface area (Å²) < 4.78 is 5.34. The molecule has 1 aliphatic heterocycles. The van der Waals surface area contributed by atoms with E-state index in [1.807, 2.05) is 6.20 Å². The van der Waals surface area contributed by atoms with E-state index in [1.165, 1.54) is 22.3 Å². The van der Waals surface area contributed by atoms with E-state index >= 15 is 0 Å². The Morgan fingerprint density at radius 3 is 2.08 bits per heavy atom. The number of benzene rings is 2. The van der Waals surface area contributed by atoms with Gasteiger partial charge >= 0.3 is 0 Å². The standard InChI is InChI=1S/C22H25N3O/c1-16-21(15-24-25-16)17-3-5-18(6-4-17)22(11-13-23-14-12-22)19-7-9-20(26-2)10-8-19/h3-10,15,23H,11-14H2,1-2H3,(H,24,25). The molecule has 0 atom stereocenters. The highest BCUT2D eigenvalue weighted by Gasteiger charge is 2.35. The summed E-state index contributed by atoms with van der Waals surface area (Å²) in [4.78, 5) is 0. The number of rotatable bonds is 4. The van der Waals surface area contributed by atoms with Crippen molar-refractivity contribution in [2.75, 3.05) is 20.2 Å². The molecule has 134 valence electrons. The van der Waals surface area contributed by atoms with Gasteiger partial charge in [0.05, 0.1) is 13.3 Å². The molecule has 26 heavy (non-hydrogen) atoms. The lowest BCUT2D eigenvalue weighted by molar-refractivity contribution is 0.361. The van der Waals surface area contributed by atoms with Gasteiger partial charge in [-0.1, -0.05) is 36.4 Å². The van der Waals surface area contributed by atoms with E-state index in [0.717, 1.165) is 37.4 Å². The zero-order valence-electron chi connectivity index (χ0n) is 15.4. The molecule has 1 fully saturated rings. The minimum atomic E-state index is 0.0570. The second-order valence-corrected chi connectivity index (χ2v) is 7.05. The Kier molecular flexibility index (Phi) is 4.51. The monoisotopic (exact) mass is 347 g/mol. The van der Waals surface area contributed by atoms with Crippen LogP contribution >= 0.6 is 0 Å². The molecule has 2 aromatic carbocycles. The summed E-state index contributed by atoms with van der Waals surface area (Å²) in [6.07, 6.45) is 4.10. The van der Waals surface area contributed by atoms with Crippen molar-refractivity contribution in [3.05, 3.63) is 71.5 Å². The number of nitrogens with zero attached hydrogens (tertiary/aromatic N) is 1. The number of ether oxygens (including phenoxy) is 1. The van der Waals surface area contributed by atoms with Gasteiger partial charge in [-0.15, -0.1) is 0 Å². The molecular formula is C22H25N3O. The van der Waals surface area contributed by atoms with Gasteiger partial charge in [-0.2, -0.15) is 5.10 Å². The maximum Gasteiger partial charge on any atom is 0.118 e. The molecule has 1 saturated heterocycles. The van der Waals surface area contributed by atoms with Gasteiger partial charge in [0.2, 0.25) is 0 Å². The molecule has 0 radical (unpaired) electrons. The molecular weight excluding hydrogens is 322 g/mol. The van der Waals surface area contributed by atoms with Crippen molar-refractivity contribution in [2.24, 2.45) is 0 Å². The van der Waals surface area contributed by atoms with Gasteiger partial charge in [-0.25, -0.2) is 0 Å². The fraction of sp³-hybridized carbons (Fsp3) is 0.318. The van der Waals surface area contributed by atoms with E-state index in [0.29, 0.717) is 0 Å². The van der Waals surface area contributed by atoms with E-state index in [9.17, 15) is 0 Å². The lowest BCUT2D eigenvalue weighted by Crippen LogP contribution is -2.40. The fourth-order valence-electron chi connectivity index (χ4n) is 4.12. The SMILES string of the molecule is COc1ccc(C2(c3ccc(-c4cn[nH]c4C)cc3)CCNCC2)cc1. The normalized spacial score (nSPS) is 16.4. The molecule has 3 aromatic rings. The lowest BCUT2D eigenvalue weighted by Gasteiger charge is -2.39. The molecule has 0 spiro atoms. The van der Waals surface area contributed by atoms with Gasteiger partial charge in [0.15, 0.2) is 0 Å². The summed E-state index contributed by atoms with van der Waals surface area (Å²) in [5.74, 6) is 0.906. The summed E-state index contributed by atoms with van der Waals surface area (Å²) in [7, 11) is 1.71. The number of aromatic nitrogens is 2. The molecule has 0 amide bonds. The van der Waals surface area contributed by atoms with Gasteiger partial charge in [0.25, 0.3) is 0 Å². The average molecular weight is 347 g/mol. The first-order valence-corrected chi connectivity index (χ1v) is 9.19. The van der Waals surface area contributed by atoms with E-state index in [4.69, 9.17) is 4.74 Å². The molecule has 0 aliphatic carbocycles. The van der Waals surface area contributed by atoms with Crippen molar-refractivity contribution < 1.29 is 4.74 Å². The van der Waals surface area contributed by atoms with Gasteiger partial charge in [-0.05, 0) is 61.7 Å². The second-order valence-electron chi connectivity index (χ2n) is 7.05. The summed E-state index contributed by atoms with van der Waals surface area (Å²) in [5.41, 5.74) is 6.28. The average Bonchev–Trinajstić information content (AvgIpc) is 3.14. The minimum absolute atomic E-state index is 0.0570. The maximum absolute atomic E-state index is 5.34. The van der Waals surface area contributed by atoms with Gasteiger partial charge in [0, 0.05) is 16.7 Å². The molecule has 0 saturated carbocycles. The van der Waals surface area contributed by atoms with Crippen molar-refractivity contribution in [2.45, 2.75) is 25.2 Å². The minimum Gasteiger partial charge on any atom is -0.497 e. The zero-order valence-corrected chi connectivity index (χ0v) is 15.4. The van der Waals surface area contributed by atoms with Crippen LogP contribution in [0.25, 0.3) is 11.1 Å². The number of aromatic amines is 1. The van der Waals surface area contributed by atoms with Crippen LogP contribution in [-0.4, -0.2) is 30.4 Å². The number of aryl methyl sites for hydroxylation is 1. The zero-order chi connectivity index (χ0) is 18.0. The van der Waals surface area contributed by atoms with Crippen LogP contribution < -0.4 is 10.1 Å². The topological polar surface area (TPSA) is 49.9 Å². The number of hydrogen-bond acceptors (Lipinski definition) is 3. The number of hydrogen-bond donors (Lipinski definition) is 2. The Morgan fingerprint density at radius 2 is 1.54 bits per heavy atom. The molecule has 2 heterocycles. The third-order valence-corrected chi connectivity index (χ3v) is 5.68. The Morgan fingerprint density at radius 1 is 0.923 bits per heavy atom. The van der Waals surface area contributed by atoms with Gasteiger partial charge in [0.1, 0.15) is 5.75 Å². The third-order valence-electron chi connectivity index (χ3n) is 5.68. The van der Waals surface area contributed by atoms with E-state index in [2.05, 4.69) is 71.0 Å². The van der Waals surface area contributed by atoms with Crippen LogP contribution in [0.1, 0.15) is 29.7 Å². The molecule has 2 N–H and O–H groups in total. The molecule has 4 heteroatoms. The van der Waals surface area contributed by atoms with Crippen LogP contribution in [0.5, 0.6) is 5.75 Å². The Balaban J connectivity index is 1.73. The maximum atomic E-state index is 5.34. The number of nitrogens with one attached hydrogen (secondary N) is 2. The van der Waals surface area contributed by atoms with Crippen LogP contribution in [0.2, 0.25) is 0 Å². The Hall–Kier alpha value is -2.59. The first kappa shape index (κ1) is 16.9. The third kappa shape index (κ3) is 2.90. The molecule has 4 rings (SSSR count). The predicted molar refractivity (Wildman–Crippen MR) is 105 cm³/mol. The quantitative estimate of drug-likeness (QED) is 0.748. The van der Waals surface area contributed by atoms with E-state index in [-0.39, 0.29) is 5.41 Å². The van der Waals surface area contributed by atoms with Crippen molar-refractivity contribution in [1.29, 1.82) is 0 Å². The largest absolute Gasteiger partial charge is 0.497 e. The van der Waals surface area contributed by atoms with Crippen molar-refractivity contribution in [1.82, 2.24) is 15.5 Å². The van der Waals surface area contributed by atoms with Crippen LogP contribution in [0.15, 0.2) is 54.7 Å². The lowest BCUT2D eigenvalue weighted by atomic mass is 9.68. The Labute approximate surface area is 154 Å². The first-order valence-electron chi connectivity index (χ1n) is 9.19.